The fourth-order valence-corrected chi connectivity index (χ4v) is 14.5. The molecule has 19 heteroatoms. The van der Waals surface area contributed by atoms with Gasteiger partial charge in [0.25, 0.3) is 0 Å². The first kappa shape index (κ1) is 70.0. The number of thioether (sulfide) groups is 2. The van der Waals surface area contributed by atoms with E-state index in [4.69, 9.17) is 18.9 Å². The molecule has 2 saturated carbocycles. The number of nitrogens with one attached hydrogen (secondary N) is 1. The van der Waals surface area contributed by atoms with E-state index in [1.54, 1.807) is 63.4 Å². The molecule has 1 unspecified atom stereocenters. The predicted molar refractivity (Wildman–Crippen MR) is 378 cm³/mol. The Balaban J connectivity index is 0.000000172. The van der Waals surface area contributed by atoms with Crippen molar-refractivity contribution < 1.29 is 52.8 Å². The molecule has 0 bridgehead atoms. The van der Waals surface area contributed by atoms with Gasteiger partial charge < -0.3 is 53.9 Å². The summed E-state index contributed by atoms with van der Waals surface area (Å²) in [5, 5.41) is 13.3. The Morgan fingerprint density at radius 2 is 1.01 bits per heavy atom. The molecule has 6 aliphatic rings. The maximum atomic E-state index is 14.9. The number of piperidine rings is 2. The molecule has 5 amide bonds. The quantitative estimate of drug-likeness (QED) is 0.0774. The number of benzene rings is 6. The molecule has 17 nitrogen and oxygen atoms in total. The summed E-state index contributed by atoms with van der Waals surface area (Å²) in [6.45, 7) is 15.0. The SMILES string of the molecule is CC(C)(C)OC(=O)N1CC[C@H](c2cccc(-c3ccccc3)c2)C(C(=O)O)C1.COCCCN1C(=O)CSc2ccc(N(C(=O)[C@H]3CN(C(=O)OC(C)(C)C)CC[C@@H]3c3cccc(-c4ccccc4)c3)C3CC3)cc21.COCCCN1C(=O)CSc2ccc(NC3CC3)cc21. The van der Waals surface area contributed by atoms with E-state index in [0.717, 1.165) is 93.3 Å². The molecule has 2 aliphatic carbocycles. The van der Waals surface area contributed by atoms with Crippen LogP contribution in [0.4, 0.5) is 32.3 Å². The number of hydrogen-bond acceptors (Lipinski definition) is 13. The normalized spacial score (nSPS) is 19.4. The minimum Gasteiger partial charge on any atom is -0.481 e. The van der Waals surface area contributed by atoms with Crippen LogP contribution in [0.5, 0.6) is 0 Å². The maximum Gasteiger partial charge on any atom is 0.410 e. The molecule has 0 spiro atoms. The molecule has 2 saturated heterocycles. The van der Waals surface area contributed by atoms with Crippen molar-refractivity contribution in [2.45, 2.75) is 138 Å². The van der Waals surface area contributed by atoms with Gasteiger partial charge in [-0.25, -0.2) is 9.59 Å². The molecule has 6 aromatic rings. The highest BCUT2D eigenvalue weighted by Gasteiger charge is 2.45. The summed E-state index contributed by atoms with van der Waals surface area (Å²) in [7, 11) is 3.36. The summed E-state index contributed by atoms with van der Waals surface area (Å²) < 4.78 is 21.5. The van der Waals surface area contributed by atoms with Crippen LogP contribution in [0.25, 0.3) is 22.3 Å². The number of methoxy groups -OCH3 is 2. The van der Waals surface area contributed by atoms with Crippen molar-refractivity contribution >= 4 is 82.2 Å². The summed E-state index contributed by atoms with van der Waals surface area (Å²) in [6.07, 6.45) is 6.35. The third-order valence-electron chi connectivity index (χ3n) is 17.6. The van der Waals surface area contributed by atoms with Crippen LogP contribution in [-0.2, 0) is 38.1 Å². The van der Waals surface area contributed by atoms with Crippen molar-refractivity contribution in [3.63, 3.8) is 0 Å². The highest BCUT2D eigenvalue weighted by atomic mass is 32.2. The first-order valence-corrected chi connectivity index (χ1v) is 35.3. The molecule has 0 radical (unpaired) electrons. The number of ether oxygens (including phenoxy) is 4. The summed E-state index contributed by atoms with van der Waals surface area (Å²) in [5.74, 6) is -1.02. The van der Waals surface area contributed by atoms with Crippen LogP contribution in [0, 0.1) is 11.8 Å². The smallest absolute Gasteiger partial charge is 0.410 e. The molecule has 4 aliphatic heterocycles. The average molecular weight is 1330 g/mol. The third-order valence-corrected chi connectivity index (χ3v) is 19.7. The van der Waals surface area contributed by atoms with Gasteiger partial charge in [-0.3, -0.25) is 19.2 Å². The highest BCUT2D eigenvalue weighted by Crippen LogP contribution is 2.45. The summed E-state index contributed by atoms with van der Waals surface area (Å²) in [5.41, 5.74) is 9.08. The maximum absolute atomic E-state index is 14.9. The molecule has 0 aromatic heterocycles. The number of likely N-dealkylation sites (tertiary alicyclic amines) is 2. The molecular weight excluding hydrogens is 1240 g/mol. The van der Waals surface area contributed by atoms with Crippen molar-refractivity contribution in [2.75, 3.05) is 98.2 Å². The first-order chi connectivity index (χ1) is 45.6. The van der Waals surface area contributed by atoms with E-state index >= 15 is 0 Å². The van der Waals surface area contributed by atoms with Crippen molar-refractivity contribution in [3.05, 3.63) is 157 Å². The number of hydrogen-bond donors (Lipinski definition) is 2. The van der Waals surface area contributed by atoms with Gasteiger partial charge in [0.15, 0.2) is 0 Å². The molecule has 2 N–H and O–H groups in total. The van der Waals surface area contributed by atoms with Gasteiger partial charge in [-0.15, -0.1) is 23.5 Å². The van der Waals surface area contributed by atoms with Gasteiger partial charge in [-0.2, -0.15) is 0 Å². The molecule has 4 heterocycles. The summed E-state index contributed by atoms with van der Waals surface area (Å²) in [4.78, 5) is 88.9. The predicted octanol–water partition coefficient (Wildman–Crippen LogP) is 14.9. The van der Waals surface area contributed by atoms with E-state index in [1.807, 2.05) is 120 Å². The van der Waals surface area contributed by atoms with E-state index in [0.29, 0.717) is 63.2 Å². The number of fused-ring (bicyclic) bond motifs is 2. The van der Waals surface area contributed by atoms with E-state index in [2.05, 4.69) is 66.0 Å². The third kappa shape index (κ3) is 18.8. The highest BCUT2D eigenvalue weighted by molar-refractivity contribution is 8.00. The number of amides is 5. The molecule has 95 heavy (non-hydrogen) atoms. The van der Waals surface area contributed by atoms with E-state index in [-0.39, 0.29) is 54.8 Å². The number of carboxylic acid groups (broad SMARTS) is 1. The molecule has 4 atom stereocenters. The first-order valence-electron chi connectivity index (χ1n) is 33.4. The van der Waals surface area contributed by atoms with Crippen LogP contribution in [0.3, 0.4) is 0 Å². The lowest BCUT2D eigenvalue weighted by atomic mass is 9.79. The van der Waals surface area contributed by atoms with Gasteiger partial charge in [-0.05, 0) is 169 Å². The Labute approximate surface area is 568 Å². The minimum absolute atomic E-state index is 0.0107. The fourth-order valence-electron chi connectivity index (χ4n) is 12.7. The van der Waals surface area contributed by atoms with Crippen molar-refractivity contribution in [1.29, 1.82) is 0 Å². The van der Waals surface area contributed by atoms with E-state index in [9.17, 15) is 33.9 Å². The summed E-state index contributed by atoms with van der Waals surface area (Å²) >= 11 is 3.17. The van der Waals surface area contributed by atoms with E-state index < -0.39 is 35.1 Å². The lowest BCUT2D eigenvalue weighted by molar-refractivity contribution is -0.144. The number of carbonyl (C=O) groups excluding carboxylic acids is 5. The lowest BCUT2D eigenvalue weighted by Gasteiger charge is -2.41. The van der Waals surface area contributed by atoms with E-state index in [1.165, 1.54) is 22.6 Å². The number of nitrogens with zero attached hydrogens (tertiary/aromatic N) is 5. The van der Waals surface area contributed by atoms with Gasteiger partial charge in [-0.1, -0.05) is 109 Å². The van der Waals surface area contributed by atoms with Crippen LogP contribution in [0.2, 0.25) is 0 Å². The fraction of sp³-hybridized carbons (Fsp3) is 0.447. The number of carbonyl (C=O) groups is 6. The van der Waals surface area contributed by atoms with Crippen molar-refractivity contribution in [3.8, 4) is 22.3 Å². The molecule has 6 aromatic carbocycles. The standard InChI is InChI=1S/C38H45N3O5S.C23H27NO4.C15H20N2O2S/c1-38(2,3)46-37(44)39-20-18-31(28-13-8-12-27(22-28)26-10-6-5-7-11-26)32(24-39)36(43)41(29-14-15-29)30-16-17-34-33(23-30)40(19-9-21-45-4)35(42)25-47-34;1-23(2,3)28-22(27)24-13-12-19(20(15-24)21(25)26)18-11-7-10-17(14-18)16-8-5-4-6-9-16;1-19-8-2-7-17-13-9-12(16-11-3-4-11)5-6-14(13)20-10-15(17)18/h5-8,10-13,16-17,22-23,29,31-32H,9,14-15,18-21,24-25H2,1-4H3;4-11,14,19-20H,12-13,15H2,1-3H3,(H,25,26);5-6,9,11,16H,2-4,7-8,10H2,1H3/t31-,32+;19-,20?;/m11./s1. The lowest BCUT2D eigenvalue weighted by Crippen LogP contribution is -2.51. The number of rotatable bonds is 18. The summed E-state index contributed by atoms with van der Waals surface area (Å²) in [6, 6.07) is 50.0. The topological polar surface area (TPSA) is 188 Å². The van der Waals surface area contributed by atoms with Crippen LogP contribution in [-0.4, -0.2) is 152 Å². The Morgan fingerprint density at radius 1 is 0.547 bits per heavy atom. The molecule has 504 valence electrons. The zero-order valence-electron chi connectivity index (χ0n) is 56.1. The Hall–Kier alpha value is -7.84. The Bertz CT molecular complexity index is 3650. The van der Waals surface area contributed by atoms with Gasteiger partial charge in [0, 0.05) is 106 Å². The Morgan fingerprint density at radius 3 is 1.47 bits per heavy atom. The zero-order valence-corrected chi connectivity index (χ0v) is 57.8. The second-order valence-corrected chi connectivity index (χ2v) is 29.3. The van der Waals surface area contributed by atoms with Gasteiger partial charge in [0.1, 0.15) is 11.2 Å². The monoisotopic (exact) mass is 1330 g/mol. The largest absolute Gasteiger partial charge is 0.481 e. The average Bonchev–Trinajstić information content (AvgIpc) is 1.77. The van der Waals surface area contributed by atoms with Crippen LogP contribution < -0.4 is 20.0 Å². The van der Waals surface area contributed by atoms with Gasteiger partial charge >= 0.3 is 18.2 Å². The van der Waals surface area contributed by atoms with Crippen LogP contribution >= 0.6 is 23.5 Å². The molecule has 12 rings (SSSR count). The Kier molecular flexibility index (Phi) is 23.4. The van der Waals surface area contributed by atoms with Crippen LogP contribution in [0.15, 0.2) is 155 Å². The second-order valence-electron chi connectivity index (χ2n) is 27.2. The van der Waals surface area contributed by atoms with Crippen molar-refractivity contribution in [1.82, 2.24) is 9.80 Å². The number of carboxylic acids is 1. The second kappa shape index (κ2) is 31.8. The van der Waals surface area contributed by atoms with Crippen LogP contribution in [0.1, 0.15) is 116 Å². The van der Waals surface area contributed by atoms with Gasteiger partial charge in [0.05, 0.1) is 34.7 Å². The van der Waals surface area contributed by atoms with Crippen molar-refractivity contribution in [2.24, 2.45) is 11.8 Å². The zero-order chi connectivity index (χ0) is 67.4. The molecular formula is C76H92N6O11S2. The van der Waals surface area contributed by atoms with Gasteiger partial charge in [0.2, 0.25) is 17.7 Å². The molecule has 4 fully saturated rings. The minimum atomic E-state index is -0.886. The number of aliphatic carboxylic acids is 1. The number of anilines is 4.